The van der Waals surface area contributed by atoms with E-state index in [0.29, 0.717) is 11.8 Å². The Bertz CT molecular complexity index is 365. The van der Waals surface area contributed by atoms with Gasteiger partial charge in [0.15, 0.2) is 12.1 Å². The number of pyridine rings is 1. The Morgan fingerprint density at radius 2 is 2.42 bits per heavy atom. The van der Waals surface area contributed by atoms with Crippen LogP contribution >= 0.6 is 0 Å². The zero-order valence-corrected chi connectivity index (χ0v) is 6.19. The van der Waals surface area contributed by atoms with Crippen LogP contribution < -0.4 is 0 Å². The summed E-state index contributed by atoms with van der Waals surface area (Å²) in [6, 6.07) is 4.78. The molecule has 0 aliphatic rings. The van der Waals surface area contributed by atoms with Crippen molar-refractivity contribution in [3.05, 3.63) is 23.4 Å². The molecule has 0 amide bonds. The van der Waals surface area contributed by atoms with Gasteiger partial charge in [0.25, 0.3) is 0 Å². The van der Waals surface area contributed by atoms with Crippen molar-refractivity contribution in [2.75, 3.05) is 0 Å². The third-order valence-corrected chi connectivity index (χ3v) is 1.30. The molecule has 0 aromatic carbocycles. The van der Waals surface area contributed by atoms with Crippen LogP contribution in [0, 0.1) is 11.3 Å². The number of aliphatic imine (C=N–C) groups is 1. The molecule has 0 radical (unpaired) electrons. The average Bonchev–Trinajstić information content (AvgIpc) is 2.16. The smallest absolute Gasteiger partial charge is 0.163 e. The second-order valence-corrected chi connectivity index (χ2v) is 2.00. The van der Waals surface area contributed by atoms with Gasteiger partial charge in [-0.15, -0.1) is 0 Å². The van der Waals surface area contributed by atoms with Crippen LogP contribution in [-0.4, -0.2) is 18.0 Å². The Labute approximate surface area is 69.2 Å². The maximum Gasteiger partial charge on any atom is 0.163 e. The molecule has 0 saturated carbocycles. The van der Waals surface area contributed by atoms with Crippen LogP contribution in [0.2, 0.25) is 0 Å². The number of hydrogen-bond donors (Lipinski definition) is 0. The molecule has 0 fully saturated rings. The summed E-state index contributed by atoms with van der Waals surface area (Å²) in [6.45, 7) is 3.23. The molecule has 0 spiro atoms. The summed E-state index contributed by atoms with van der Waals surface area (Å²) in [5, 5.41) is 8.46. The van der Waals surface area contributed by atoms with Crippen molar-refractivity contribution in [2.24, 2.45) is 4.99 Å². The van der Waals surface area contributed by atoms with Crippen molar-refractivity contribution in [2.45, 2.75) is 0 Å². The van der Waals surface area contributed by atoms with Gasteiger partial charge in [0.05, 0.1) is 5.56 Å². The first-order chi connectivity index (χ1) is 5.81. The number of carbonyl (C=O) groups is 1. The third-order valence-electron chi connectivity index (χ3n) is 1.30. The van der Waals surface area contributed by atoms with Crippen LogP contribution in [0.4, 0.5) is 5.82 Å². The summed E-state index contributed by atoms with van der Waals surface area (Å²) in [5.41, 5.74) is 0.562. The van der Waals surface area contributed by atoms with E-state index in [1.807, 2.05) is 6.07 Å². The molecular formula is C8H5N3O. The van der Waals surface area contributed by atoms with Crippen LogP contribution in [-0.2, 0) is 0 Å². The summed E-state index contributed by atoms with van der Waals surface area (Å²) < 4.78 is 0. The van der Waals surface area contributed by atoms with Crippen LogP contribution in [0.25, 0.3) is 0 Å². The largest absolute Gasteiger partial charge is 0.298 e. The summed E-state index contributed by atoms with van der Waals surface area (Å²) in [6.07, 6.45) is 0.623. The van der Waals surface area contributed by atoms with Gasteiger partial charge in [-0.1, -0.05) is 0 Å². The Morgan fingerprint density at radius 1 is 1.67 bits per heavy atom. The van der Waals surface area contributed by atoms with E-state index in [9.17, 15) is 4.79 Å². The molecule has 0 unspecified atom stereocenters. The summed E-state index contributed by atoms with van der Waals surface area (Å²) in [4.78, 5) is 17.6. The molecule has 0 aliphatic heterocycles. The quantitative estimate of drug-likeness (QED) is 0.479. The number of hydrogen-bond acceptors (Lipinski definition) is 4. The first-order valence-corrected chi connectivity index (χ1v) is 3.15. The highest BCUT2D eigenvalue weighted by molar-refractivity contribution is 5.81. The fourth-order valence-corrected chi connectivity index (χ4v) is 0.740. The first-order valence-electron chi connectivity index (χ1n) is 3.15. The highest BCUT2D eigenvalue weighted by Gasteiger charge is 2.01. The Morgan fingerprint density at radius 3 is 2.92 bits per heavy atom. The van der Waals surface area contributed by atoms with Gasteiger partial charge in [-0.05, 0) is 18.9 Å². The minimum atomic E-state index is 0.198. The van der Waals surface area contributed by atoms with Gasteiger partial charge in [-0.2, -0.15) is 5.26 Å². The van der Waals surface area contributed by atoms with E-state index in [2.05, 4.69) is 16.7 Å². The van der Waals surface area contributed by atoms with Gasteiger partial charge in [-0.25, -0.2) is 9.98 Å². The molecule has 0 saturated heterocycles. The van der Waals surface area contributed by atoms with E-state index in [1.54, 1.807) is 0 Å². The van der Waals surface area contributed by atoms with Crippen LogP contribution in [0.5, 0.6) is 0 Å². The van der Waals surface area contributed by atoms with Crippen molar-refractivity contribution in [1.29, 1.82) is 5.26 Å². The highest BCUT2D eigenvalue weighted by Crippen LogP contribution is 2.13. The molecule has 0 atom stereocenters. The highest BCUT2D eigenvalue weighted by atomic mass is 16.1. The number of nitriles is 1. The minimum absolute atomic E-state index is 0.198. The molecular weight excluding hydrogens is 154 g/mol. The third kappa shape index (κ3) is 1.35. The van der Waals surface area contributed by atoms with Gasteiger partial charge in [0.2, 0.25) is 0 Å². The van der Waals surface area contributed by atoms with E-state index in [1.165, 1.54) is 12.1 Å². The van der Waals surface area contributed by atoms with E-state index in [4.69, 9.17) is 5.26 Å². The lowest BCUT2D eigenvalue weighted by Crippen LogP contribution is -1.87. The fourth-order valence-electron chi connectivity index (χ4n) is 0.740. The second-order valence-electron chi connectivity index (χ2n) is 2.00. The summed E-state index contributed by atoms with van der Waals surface area (Å²) in [5.74, 6) is 0.198. The normalized spacial score (nSPS) is 8.58. The fraction of sp³-hybridized carbons (Fsp3) is 0. The second kappa shape index (κ2) is 3.39. The van der Waals surface area contributed by atoms with Crippen LogP contribution in [0.3, 0.4) is 0 Å². The summed E-state index contributed by atoms with van der Waals surface area (Å²) in [7, 11) is 0. The predicted molar refractivity (Wildman–Crippen MR) is 43.5 cm³/mol. The van der Waals surface area contributed by atoms with E-state index in [0.717, 1.165) is 0 Å². The Balaban J connectivity index is 3.30. The molecule has 0 N–H and O–H groups in total. The first kappa shape index (κ1) is 8.08. The lowest BCUT2D eigenvalue weighted by molar-refractivity contribution is 0.112. The van der Waals surface area contributed by atoms with Crippen molar-refractivity contribution in [1.82, 2.24) is 4.98 Å². The zero-order chi connectivity index (χ0) is 8.97. The molecule has 1 aromatic rings. The number of carbonyl (C=O) groups excluding carboxylic acids is 1. The molecule has 58 valence electrons. The predicted octanol–water partition coefficient (Wildman–Crippen LogP) is 1.10. The molecule has 1 aromatic heterocycles. The van der Waals surface area contributed by atoms with Gasteiger partial charge >= 0.3 is 0 Å². The maximum atomic E-state index is 10.4. The molecule has 1 rings (SSSR count). The Hall–Kier alpha value is -2.02. The Kier molecular flexibility index (Phi) is 2.29. The van der Waals surface area contributed by atoms with Gasteiger partial charge < -0.3 is 0 Å². The van der Waals surface area contributed by atoms with Crippen molar-refractivity contribution in [3.63, 3.8) is 0 Å². The van der Waals surface area contributed by atoms with Crippen molar-refractivity contribution < 1.29 is 4.79 Å². The molecule has 0 bridgehead atoms. The molecule has 4 heteroatoms. The van der Waals surface area contributed by atoms with E-state index >= 15 is 0 Å². The lowest BCUT2D eigenvalue weighted by Gasteiger charge is -1.95. The maximum absolute atomic E-state index is 10.4. The molecule has 4 nitrogen and oxygen atoms in total. The van der Waals surface area contributed by atoms with Crippen molar-refractivity contribution >= 4 is 18.8 Å². The number of aromatic nitrogens is 1. The van der Waals surface area contributed by atoms with Crippen molar-refractivity contribution in [3.8, 4) is 6.07 Å². The number of rotatable bonds is 2. The van der Waals surface area contributed by atoms with E-state index < -0.39 is 0 Å². The molecule has 12 heavy (non-hydrogen) atoms. The van der Waals surface area contributed by atoms with Gasteiger partial charge in [-0.3, -0.25) is 4.79 Å². The zero-order valence-electron chi connectivity index (χ0n) is 6.19. The minimum Gasteiger partial charge on any atom is -0.298 e. The molecule has 1 heterocycles. The SMILES string of the molecule is C=Nc1nc(C#N)ccc1C=O. The average molecular weight is 159 g/mol. The monoisotopic (exact) mass is 159 g/mol. The summed E-state index contributed by atoms with van der Waals surface area (Å²) >= 11 is 0. The van der Waals surface area contributed by atoms with Crippen LogP contribution in [0.15, 0.2) is 17.1 Å². The molecule has 0 aliphatic carbocycles. The van der Waals surface area contributed by atoms with Crippen LogP contribution in [0.1, 0.15) is 16.1 Å². The lowest BCUT2D eigenvalue weighted by atomic mass is 10.2. The number of nitrogens with zero attached hydrogens (tertiary/aromatic N) is 3. The number of aldehydes is 1. The van der Waals surface area contributed by atoms with E-state index in [-0.39, 0.29) is 11.5 Å². The van der Waals surface area contributed by atoms with Gasteiger partial charge in [0, 0.05) is 0 Å². The standard InChI is InChI=1S/C8H5N3O/c1-10-8-6(5-12)2-3-7(4-9)11-8/h2-3,5H,1H2. The van der Waals surface area contributed by atoms with Gasteiger partial charge in [0.1, 0.15) is 11.8 Å². The topological polar surface area (TPSA) is 66.1 Å².